The third kappa shape index (κ3) is 4.45. The number of benzene rings is 2. The predicted molar refractivity (Wildman–Crippen MR) is 130 cm³/mol. The Bertz CT molecular complexity index is 1300. The number of fused-ring (bicyclic) bond motifs is 1. The zero-order valence-electron chi connectivity index (χ0n) is 18.2. The number of para-hydroxylation sites is 1. The third-order valence-electron chi connectivity index (χ3n) is 5.59. The monoisotopic (exact) mass is 475 g/mol. The van der Waals surface area contributed by atoms with Crippen LogP contribution in [0.25, 0.3) is 10.2 Å². The second kappa shape index (κ2) is 9.54. The SMILES string of the molecule is O=C(c1ccc(N2CCOCC2)c([N+](=O)[O-])c1)N(Cc1cccnc1)c1nc2ccccc2s1. The van der Waals surface area contributed by atoms with Gasteiger partial charge in [0.1, 0.15) is 5.69 Å². The topological polar surface area (TPSA) is 102 Å². The lowest BCUT2D eigenvalue weighted by Crippen LogP contribution is -2.36. The van der Waals surface area contributed by atoms with Gasteiger partial charge >= 0.3 is 0 Å². The van der Waals surface area contributed by atoms with Crippen LogP contribution < -0.4 is 9.80 Å². The highest BCUT2D eigenvalue weighted by atomic mass is 32.1. The molecule has 1 saturated heterocycles. The number of nitro benzene ring substituents is 1. The molecule has 0 bridgehead atoms. The number of aromatic nitrogens is 2. The van der Waals surface area contributed by atoms with Crippen LogP contribution in [0.5, 0.6) is 0 Å². The van der Waals surface area contributed by atoms with Crippen molar-refractivity contribution in [1.29, 1.82) is 0 Å². The van der Waals surface area contributed by atoms with Crippen LogP contribution in [0.3, 0.4) is 0 Å². The van der Waals surface area contributed by atoms with Gasteiger partial charge in [-0.25, -0.2) is 4.98 Å². The Hall–Kier alpha value is -3.89. The van der Waals surface area contributed by atoms with E-state index in [1.165, 1.54) is 17.4 Å². The summed E-state index contributed by atoms with van der Waals surface area (Å²) in [7, 11) is 0. The van der Waals surface area contributed by atoms with Gasteiger partial charge in [0.2, 0.25) is 0 Å². The summed E-state index contributed by atoms with van der Waals surface area (Å²) in [6.07, 6.45) is 3.36. The minimum absolute atomic E-state index is 0.0987. The van der Waals surface area contributed by atoms with Crippen LogP contribution in [0, 0.1) is 10.1 Å². The summed E-state index contributed by atoms with van der Waals surface area (Å²) >= 11 is 1.40. The molecule has 1 amide bonds. The first-order chi connectivity index (χ1) is 16.6. The van der Waals surface area contributed by atoms with Crippen molar-refractivity contribution >= 4 is 44.0 Å². The molecule has 1 aliphatic rings. The van der Waals surface area contributed by atoms with E-state index in [4.69, 9.17) is 4.74 Å². The van der Waals surface area contributed by atoms with Crippen molar-refractivity contribution in [1.82, 2.24) is 9.97 Å². The van der Waals surface area contributed by atoms with Crippen LogP contribution in [-0.4, -0.2) is 47.1 Å². The Morgan fingerprint density at radius 3 is 2.71 bits per heavy atom. The minimum atomic E-state index is -0.440. The standard InChI is InChI=1S/C24H21N5O4S/c30-23(18-7-8-20(21(14-18)29(31)32)27-10-12-33-13-11-27)28(16-17-4-3-9-25-15-17)24-26-19-5-1-2-6-22(19)34-24/h1-9,14-15H,10-13,16H2. The fourth-order valence-electron chi connectivity index (χ4n) is 3.91. The van der Waals surface area contributed by atoms with Gasteiger partial charge in [-0.1, -0.05) is 29.5 Å². The number of morpholine rings is 1. The Morgan fingerprint density at radius 2 is 1.97 bits per heavy atom. The highest BCUT2D eigenvalue weighted by Gasteiger charge is 2.27. The molecule has 1 fully saturated rings. The van der Waals surface area contributed by atoms with E-state index in [0.717, 1.165) is 15.8 Å². The maximum atomic E-state index is 13.7. The van der Waals surface area contributed by atoms with Gasteiger partial charge in [0, 0.05) is 37.1 Å². The van der Waals surface area contributed by atoms with Gasteiger partial charge in [-0.15, -0.1) is 0 Å². The number of anilines is 2. The molecule has 4 aromatic rings. The van der Waals surface area contributed by atoms with Crippen molar-refractivity contribution in [2.75, 3.05) is 36.1 Å². The van der Waals surface area contributed by atoms with Gasteiger partial charge in [-0.2, -0.15) is 0 Å². The quantitative estimate of drug-likeness (QED) is 0.303. The molecule has 0 spiro atoms. The lowest BCUT2D eigenvalue weighted by molar-refractivity contribution is -0.384. The fraction of sp³-hybridized carbons (Fsp3) is 0.208. The predicted octanol–water partition coefficient (Wildman–Crippen LogP) is 4.28. The summed E-state index contributed by atoms with van der Waals surface area (Å²) in [4.78, 5) is 37.4. The first kappa shape index (κ1) is 21.9. The normalized spacial score (nSPS) is 13.7. The number of hydrogen-bond acceptors (Lipinski definition) is 8. The van der Waals surface area contributed by atoms with Gasteiger partial charge < -0.3 is 9.64 Å². The first-order valence-electron chi connectivity index (χ1n) is 10.8. The zero-order chi connectivity index (χ0) is 23.5. The summed E-state index contributed by atoms with van der Waals surface area (Å²) in [5.41, 5.74) is 2.24. The Labute approximate surface area is 199 Å². The number of hydrogen-bond donors (Lipinski definition) is 0. The number of nitrogens with zero attached hydrogens (tertiary/aromatic N) is 5. The molecule has 0 radical (unpaired) electrons. The molecule has 1 aliphatic heterocycles. The molecule has 10 heteroatoms. The molecule has 0 atom stereocenters. The number of amides is 1. The molecule has 5 rings (SSSR count). The summed E-state index contributed by atoms with van der Waals surface area (Å²) in [6.45, 7) is 2.38. The van der Waals surface area contributed by atoms with E-state index >= 15 is 0 Å². The molecule has 9 nitrogen and oxygen atoms in total. The largest absolute Gasteiger partial charge is 0.378 e. The van der Waals surface area contributed by atoms with Gasteiger partial charge in [-0.05, 0) is 35.9 Å². The highest BCUT2D eigenvalue weighted by Crippen LogP contribution is 2.33. The van der Waals surface area contributed by atoms with Crippen LogP contribution in [0.4, 0.5) is 16.5 Å². The van der Waals surface area contributed by atoms with Gasteiger partial charge in [-0.3, -0.25) is 24.8 Å². The maximum absolute atomic E-state index is 13.7. The maximum Gasteiger partial charge on any atom is 0.293 e. The van der Waals surface area contributed by atoms with E-state index in [0.29, 0.717) is 37.1 Å². The second-order valence-electron chi connectivity index (χ2n) is 7.78. The van der Waals surface area contributed by atoms with Crippen molar-refractivity contribution in [3.63, 3.8) is 0 Å². The van der Waals surface area contributed by atoms with E-state index in [1.807, 2.05) is 35.2 Å². The van der Waals surface area contributed by atoms with Crippen LogP contribution in [0.15, 0.2) is 67.0 Å². The van der Waals surface area contributed by atoms with E-state index in [9.17, 15) is 14.9 Å². The molecule has 2 aromatic heterocycles. The molecule has 0 N–H and O–H groups in total. The van der Waals surface area contributed by atoms with Gasteiger partial charge in [0.15, 0.2) is 5.13 Å². The number of thiazole rings is 1. The number of pyridine rings is 1. The van der Waals surface area contributed by atoms with Gasteiger partial charge in [0.25, 0.3) is 11.6 Å². The van der Waals surface area contributed by atoms with Crippen molar-refractivity contribution in [2.24, 2.45) is 0 Å². The average molecular weight is 476 g/mol. The van der Waals surface area contributed by atoms with Crippen LogP contribution in [-0.2, 0) is 11.3 Å². The molecule has 3 heterocycles. The van der Waals surface area contributed by atoms with Crippen LogP contribution in [0.2, 0.25) is 0 Å². The van der Waals surface area contributed by atoms with Crippen LogP contribution >= 0.6 is 11.3 Å². The summed E-state index contributed by atoms with van der Waals surface area (Å²) in [5.74, 6) is -0.362. The van der Waals surface area contributed by atoms with E-state index in [-0.39, 0.29) is 23.7 Å². The lowest BCUT2D eigenvalue weighted by atomic mass is 10.1. The van der Waals surface area contributed by atoms with E-state index in [2.05, 4.69) is 9.97 Å². The number of carbonyl (C=O) groups is 1. The minimum Gasteiger partial charge on any atom is -0.378 e. The van der Waals surface area contributed by atoms with Crippen molar-refractivity contribution in [2.45, 2.75) is 6.54 Å². The average Bonchev–Trinajstić information content (AvgIpc) is 3.31. The van der Waals surface area contributed by atoms with Crippen LogP contribution in [0.1, 0.15) is 15.9 Å². The summed E-state index contributed by atoms with van der Waals surface area (Å²) < 4.78 is 6.32. The lowest BCUT2D eigenvalue weighted by Gasteiger charge is -2.28. The summed E-state index contributed by atoms with van der Waals surface area (Å²) in [5, 5.41) is 12.4. The summed E-state index contributed by atoms with van der Waals surface area (Å²) in [6, 6.07) is 16.0. The molecule has 0 saturated carbocycles. The molecule has 0 unspecified atom stereocenters. The zero-order valence-corrected chi connectivity index (χ0v) is 19.0. The molecular formula is C24H21N5O4S. The molecule has 0 aliphatic carbocycles. The number of rotatable bonds is 6. The number of carbonyl (C=O) groups excluding carboxylic acids is 1. The molecule has 172 valence electrons. The smallest absolute Gasteiger partial charge is 0.293 e. The Balaban J connectivity index is 1.53. The van der Waals surface area contributed by atoms with E-state index < -0.39 is 4.92 Å². The number of nitro groups is 1. The van der Waals surface area contributed by atoms with Crippen molar-refractivity contribution < 1.29 is 14.5 Å². The number of ether oxygens (including phenoxy) is 1. The Morgan fingerprint density at radius 1 is 1.15 bits per heavy atom. The highest BCUT2D eigenvalue weighted by molar-refractivity contribution is 7.22. The van der Waals surface area contributed by atoms with E-state index in [1.54, 1.807) is 35.5 Å². The van der Waals surface area contributed by atoms with Crippen molar-refractivity contribution in [3.8, 4) is 0 Å². The first-order valence-corrected chi connectivity index (χ1v) is 11.6. The van der Waals surface area contributed by atoms with Gasteiger partial charge in [0.05, 0.1) is 34.9 Å². The fourth-order valence-corrected chi connectivity index (χ4v) is 4.87. The Kier molecular flexibility index (Phi) is 6.15. The second-order valence-corrected chi connectivity index (χ2v) is 8.79. The third-order valence-corrected chi connectivity index (χ3v) is 6.65. The molecule has 34 heavy (non-hydrogen) atoms. The molecular weight excluding hydrogens is 454 g/mol. The molecule has 2 aromatic carbocycles. The van der Waals surface area contributed by atoms with Crippen molar-refractivity contribution in [3.05, 3.63) is 88.2 Å².